The van der Waals surface area contributed by atoms with Gasteiger partial charge in [0, 0.05) is 26.1 Å². The van der Waals surface area contributed by atoms with E-state index in [2.05, 4.69) is 20.9 Å². The van der Waals surface area contributed by atoms with Gasteiger partial charge in [-0.25, -0.2) is 0 Å². The zero-order valence-corrected chi connectivity index (χ0v) is 14.2. The van der Waals surface area contributed by atoms with Gasteiger partial charge in [0.25, 0.3) is 0 Å². The van der Waals surface area contributed by atoms with Crippen molar-refractivity contribution in [3.05, 3.63) is 0 Å². The maximum absolute atomic E-state index is 12.0. The number of amides is 2. The molecule has 9 heteroatoms. The van der Waals surface area contributed by atoms with Crippen molar-refractivity contribution < 1.29 is 9.59 Å². The Labute approximate surface area is 143 Å². The fourth-order valence-electron chi connectivity index (χ4n) is 2.52. The van der Waals surface area contributed by atoms with Gasteiger partial charge in [0.15, 0.2) is 5.96 Å². The Morgan fingerprint density at radius 1 is 1.25 bits per heavy atom. The van der Waals surface area contributed by atoms with Gasteiger partial charge in [0.1, 0.15) is 0 Å². The number of hydrogen-bond acceptors (Lipinski definition) is 5. The van der Waals surface area contributed by atoms with E-state index in [4.69, 9.17) is 17.2 Å². The monoisotopic (exact) mass is 341 g/mol. The van der Waals surface area contributed by atoms with Crippen LogP contribution >= 0.6 is 0 Å². The van der Waals surface area contributed by atoms with E-state index >= 15 is 0 Å². The molecule has 1 saturated heterocycles. The summed E-state index contributed by atoms with van der Waals surface area (Å²) in [5.41, 5.74) is 15.9. The summed E-state index contributed by atoms with van der Waals surface area (Å²) >= 11 is 0. The zero-order chi connectivity index (χ0) is 17.8. The molecule has 0 aromatic carbocycles. The van der Waals surface area contributed by atoms with Crippen LogP contribution in [0.25, 0.3) is 0 Å². The summed E-state index contributed by atoms with van der Waals surface area (Å²) in [6.07, 6.45) is 4.65. The van der Waals surface area contributed by atoms with Gasteiger partial charge >= 0.3 is 0 Å². The third-order valence-electron chi connectivity index (χ3n) is 3.87. The summed E-state index contributed by atoms with van der Waals surface area (Å²) in [6, 6.07) is -0.318. The van der Waals surface area contributed by atoms with Crippen molar-refractivity contribution in [3.63, 3.8) is 0 Å². The molecule has 24 heavy (non-hydrogen) atoms. The van der Waals surface area contributed by atoms with Crippen molar-refractivity contribution in [2.24, 2.45) is 22.2 Å². The van der Waals surface area contributed by atoms with Crippen LogP contribution in [0, 0.1) is 0 Å². The molecule has 9 nitrogen and oxygen atoms in total. The Kier molecular flexibility index (Phi) is 9.78. The lowest BCUT2D eigenvalue weighted by atomic mass is 10.1. The first-order valence-corrected chi connectivity index (χ1v) is 8.59. The number of guanidine groups is 1. The lowest BCUT2D eigenvalue weighted by molar-refractivity contribution is -0.126. The summed E-state index contributed by atoms with van der Waals surface area (Å²) < 4.78 is 0. The Morgan fingerprint density at radius 2 is 2.04 bits per heavy atom. The molecule has 0 radical (unpaired) electrons. The average Bonchev–Trinajstić information content (AvgIpc) is 2.55. The first kappa shape index (κ1) is 20.2. The van der Waals surface area contributed by atoms with Gasteiger partial charge in [-0.15, -0.1) is 0 Å². The molecule has 138 valence electrons. The lowest BCUT2D eigenvalue weighted by Gasteiger charge is -2.30. The number of rotatable bonds is 11. The summed E-state index contributed by atoms with van der Waals surface area (Å²) in [7, 11) is 0. The second-order valence-corrected chi connectivity index (χ2v) is 6.02. The summed E-state index contributed by atoms with van der Waals surface area (Å²) in [4.78, 5) is 27.6. The Balaban J connectivity index is 2.15. The van der Waals surface area contributed by atoms with Gasteiger partial charge in [-0.1, -0.05) is 6.42 Å². The van der Waals surface area contributed by atoms with Gasteiger partial charge < -0.3 is 33.2 Å². The molecule has 1 rings (SSSR count). The van der Waals surface area contributed by atoms with Gasteiger partial charge in [0.05, 0.1) is 12.1 Å². The van der Waals surface area contributed by atoms with Crippen molar-refractivity contribution in [3.8, 4) is 0 Å². The molecule has 1 heterocycles. The van der Waals surface area contributed by atoms with E-state index in [9.17, 15) is 9.59 Å². The van der Waals surface area contributed by atoms with Crippen LogP contribution in [0.2, 0.25) is 0 Å². The van der Waals surface area contributed by atoms with E-state index in [-0.39, 0.29) is 29.9 Å². The SMILES string of the molecule is NCCCCCC(=O)NC[C@H]1CN[C@@H](CCCN=C(N)N)C(=O)N1. The summed E-state index contributed by atoms with van der Waals surface area (Å²) in [6.45, 7) is 2.24. The van der Waals surface area contributed by atoms with Crippen molar-refractivity contribution in [1.82, 2.24) is 16.0 Å². The molecule has 0 unspecified atom stereocenters. The molecule has 9 N–H and O–H groups in total. The van der Waals surface area contributed by atoms with Gasteiger partial charge in [-0.3, -0.25) is 14.6 Å². The molecular weight excluding hydrogens is 310 g/mol. The quantitative estimate of drug-likeness (QED) is 0.147. The van der Waals surface area contributed by atoms with Crippen LogP contribution in [-0.2, 0) is 9.59 Å². The summed E-state index contributed by atoms with van der Waals surface area (Å²) in [5, 5.41) is 8.99. The van der Waals surface area contributed by atoms with Crippen molar-refractivity contribution >= 4 is 17.8 Å². The predicted octanol–water partition coefficient (Wildman–Crippen LogP) is -1.87. The molecule has 1 aliphatic rings. The van der Waals surface area contributed by atoms with E-state index < -0.39 is 0 Å². The maximum Gasteiger partial charge on any atom is 0.237 e. The van der Waals surface area contributed by atoms with Crippen molar-refractivity contribution in [2.75, 3.05) is 26.2 Å². The Bertz CT molecular complexity index is 424. The predicted molar refractivity (Wildman–Crippen MR) is 94.2 cm³/mol. The number of nitrogens with zero attached hydrogens (tertiary/aromatic N) is 1. The fourth-order valence-corrected chi connectivity index (χ4v) is 2.52. The molecule has 0 aliphatic carbocycles. The van der Waals surface area contributed by atoms with E-state index in [1.54, 1.807) is 0 Å². The average molecular weight is 341 g/mol. The molecule has 0 saturated carbocycles. The van der Waals surface area contributed by atoms with E-state index in [1.165, 1.54) is 0 Å². The first-order valence-electron chi connectivity index (χ1n) is 8.59. The number of carbonyl (C=O) groups excluding carboxylic acids is 2. The number of hydrogen-bond donors (Lipinski definition) is 6. The minimum atomic E-state index is -0.234. The van der Waals surface area contributed by atoms with Crippen molar-refractivity contribution in [1.29, 1.82) is 0 Å². The molecule has 1 aliphatic heterocycles. The second-order valence-electron chi connectivity index (χ2n) is 6.02. The van der Waals surface area contributed by atoms with Crippen LogP contribution in [0.3, 0.4) is 0 Å². The summed E-state index contributed by atoms with van der Waals surface area (Å²) in [5.74, 6) is 0.0312. The minimum Gasteiger partial charge on any atom is -0.370 e. The van der Waals surface area contributed by atoms with Crippen LogP contribution in [0.1, 0.15) is 38.5 Å². The minimum absolute atomic E-state index is 0.0145. The lowest BCUT2D eigenvalue weighted by Crippen LogP contribution is -2.61. The van der Waals surface area contributed by atoms with E-state index in [1.807, 2.05) is 0 Å². The molecule has 2 amide bonds. The first-order chi connectivity index (χ1) is 11.5. The van der Waals surface area contributed by atoms with E-state index in [0.717, 1.165) is 25.7 Å². The molecule has 0 aromatic rings. The maximum atomic E-state index is 12.0. The van der Waals surface area contributed by atoms with Gasteiger partial charge in [0.2, 0.25) is 11.8 Å². The zero-order valence-electron chi connectivity index (χ0n) is 14.2. The number of nitrogens with one attached hydrogen (secondary N) is 3. The number of unbranched alkanes of at least 4 members (excludes halogenated alkanes) is 2. The molecule has 0 bridgehead atoms. The fraction of sp³-hybridized carbons (Fsp3) is 0.800. The highest BCUT2D eigenvalue weighted by Crippen LogP contribution is 2.04. The smallest absolute Gasteiger partial charge is 0.237 e. The second kappa shape index (κ2) is 11.6. The van der Waals surface area contributed by atoms with Crippen molar-refractivity contribution in [2.45, 2.75) is 50.6 Å². The number of nitrogens with two attached hydrogens (primary N) is 3. The molecule has 0 spiro atoms. The van der Waals surface area contributed by atoms with Crippen LogP contribution < -0.4 is 33.2 Å². The number of piperazine rings is 1. The third kappa shape index (κ3) is 8.68. The van der Waals surface area contributed by atoms with Gasteiger partial charge in [-0.05, 0) is 32.2 Å². The van der Waals surface area contributed by atoms with Crippen LogP contribution in [0.4, 0.5) is 0 Å². The largest absolute Gasteiger partial charge is 0.370 e. The molecular formula is C15H31N7O2. The molecule has 1 fully saturated rings. The highest BCUT2D eigenvalue weighted by molar-refractivity contribution is 5.83. The van der Waals surface area contributed by atoms with Crippen LogP contribution in [-0.4, -0.2) is 56.0 Å². The standard InChI is InChI=1S/C15H31N7O2/c16-7-3-1-2-6-13(23)21-10-11-9-20-12(14(24)22-11)5-4-8-19-15(17)18/h11-12,20H,1-10,16H2,(H,21,23)(H,22,24)(H4,17,18,19)/t11-,12+/m1/s1. The third-order valence-corrected chi connectivity index (χ3v) is 3.87. The van der Waals surface area contributed by atoms with Crippen LogP contribution in [0.15, 0.2) is 4.99 Å². The highest BCUT2D eigenvalue weighted by atomic mass is 16.2. The normalized spacial score (nSPS) is 20.3. The number of carbonyl (C=O) groups is 2. The van der Waals surface area contributed by atoms with Crippen LogP contribution in [0.5, 0.6) is 0 Å². The van der Waals surface area contributed by atoms with Gasteiger partial charge in [-0.2, -0.15) is 0 Å². The highest BCUT2D eigenvalue weighted by Gasteiger charge is 2.26. The molecule has 2 atom stereocenters. The Hall–Kier alpha value is -1.87. The topological polar surface area (TPSA) is 161 Å². The number of aliphatic imine (C=N–C) groups is 1. The molecule has 0 aromatic heterocycles. The Morgan fingerprint density at radius 3 is 2.71 bits per heavy atom. The van der Waals surface area contributed by atoms with E-state index in [0.29, 0.717) is 39.0 Å².